The molecule has 8 heteroatoms. The van der Waals surface area contributed by atoms with Crippen molar-refractivity contribution in [1.82, 2.24) is 14.9 Å². The number of H-pyrrole nitrogens is 1. The Labute approximate surface area is 132 Å². The number of aromatic hydroxyl groups is 1. The largest absolute Gasteiger partial charge is 0.504 e. The molecule has 7 nitrogen and oxygen atoms in total. The van der Waals surface area contributed by atoms with Gasteiger partial charge < -0.3 is 14.6 Å². The highest BCUT2D eigenvalue weighted by Gasteiger charge is 2.23. The first kappa shape index (κ1) is 14.7. The number of nitrogens with zero attached hydrogens (tertiary/aromatic N) is 3. The first-order chi connectivity index (χ1) is 10.7. The second-order valence-corrected chi connectivity index (χ2v) is 5.26. The van der Waals surface area contributed by atoms with E-state index in [4.69, 9.17) is 21.7 Å². The third-order valence-electron chi connectivity index (χ3n) is 3.42. The molecule has 0 aliphatic carbocycles. The summed E-state index contributed by atoms with van der Waals surface area (Å²) < 4.78 is 12.6. The van der Waals surface area contributed by atoms with Gasteiger partial charge in [0.25, 0.3) is 0 Å². The zero-order chi connectivity index (χ0) is 15.5. The van der Waals surface area contributed by atoms with E-state index in [0.29, 0.717) is 16.3 Å². The molecule has 3 rings (SSSR count). The Balaban J connectivity index is 1.88. The van der Waals surface area contributed by atoms with Crippen LogP contribution in [0.5, 0.6) is 11.5 Å². The van der Waals surface area contributed by atoms with Crippen molar-refractivity contribution in [2.45, 2.75) is 18.9 Å². The summed E-state index contributed by atoms with van der Waals surface area (Å²) in [6, 6.07) is 5.03. The molecule has 0 bridgehead atoms. The van der Waals surface area contributed by atoms with E-state index in [1.165, 1.54) is 7.11 Å². The van der Waals surface area contributed by atoms with Crippen molar-refractivity contribution in [2.24, 2.45) is 5.10 Å². The highest BCUT2D eigenvalue weighted by atomic mass is 32.1. The molecule has 0 spiro atoms. The average Bonchev–Trinajstić information content (AvgIpc) is 3.15. The Morgan fingerprint density at radius 1 is 1.59 bits per heavy atom. The molecule has 116 valence electrons. The SMILES string of the molecule is COc1ccc(/C=N\n2c([C@H]3CCCO3)n[nH]c2=S)cc1O. The minimum absolute atomic E-state index is 0.0570. The maximum atomic E-state index is 9.78. The van der Waals surface area contributed by atoms with Gasteiger partial charge in [0.05, 0.1) is 13.3 Å². The summed E-state index contributed by atoms with van der Waals surface area (Å²) in [5.41, 5.74) is 0.722. The van der Waals surface area contributed by atoms with Gasteiger partial charge in [-0.25, -0.2) is 0 Å². The molecule has 1 aliphatic rings. The topological polar surface area (TPSA) is 84.7 Å². The first-order valence-corrected chi connectivity index (χ1v) is 7.30. The van der Waals surface area contributed by atoms with Crippen LogP contribution in [0.15, 0.2) is 23.3 Å². The number of ether oxygens (including phenoxy) is 2. The van der Waals surface area contributed by atoms with Crippen molar-refractivity contribution < 1.29 is 14.6 Å². The Kier molecular flexibility index (Phi) is 4.21. The lowest BCUT2D eigenvalue weighted by Gasteiger charge is -2.07. The summed E-state index contributed by atoms with van der Waals surface area (Å²) in [5, 5.41) is 21.0. The number of nitrogens with one attached hydrogen (secondary N) is 1. The standard InChI is InChI=1S/C14H16N4O3S/c1-20-11-5-4-9(7-10(11)19)8-15-18-13(16-17-14(18)22)12-3-2-6-21-12/h4-5,7-8,12,19H,2-3,6H2,1H3,(H,17,22)/b15-8-/t12-/m1/s1. The number of phenols is 1. The summed E-state index contributed by atoms with van der Waals surface area (Å²) in [4.78, 5) is 0. The van der Waals surface area contributed by atoms with E-state index in [9.17, 15) is 5.11 Å². The number of benzene rings is 1. The third kappa shape index (κ3) is 2.88. The molecular formula is C14H16N4O3S. The minimum atomic E-state index is -0.0885. The number of methoxy groups -OCH3 is 1. The summed E-state index contributed by atoms with van der Waals surface area (Å²) >= 11 is 5.20. The van der Waals surface area contributed by atoms with E-state index < -0.39 is 0 Å². The molecule has 2 heterocycles. The third-order valence-corrected chi connectivity index (χ3v) is 3.68. The van der Waals surface area contributed by atoms with Crippen LogP contribution >= 0.6 is 12.2 Å². The smallest absolute Gasteiger partial charge is 0.216 e. The van der Waals surface area contributed by atoms with Crippen LogP contribution in [0.2, 0.25) is 0 Å². The number of hydrogen-bond donors (Lipinski definition) is 2. The van der Waals surface area contributed by atoms with Gasteiger partial charge in [0.15, 0.2) is 17.3 Å². The molecule has 1 atom stereocenters. The maximum absolute atomic E-state index is 9.78. The average molecular weight is 320 g/mol. The predicted molar refractivity (Wildman–Crippen MR) is 83.0 cm³/mol. The van der Waals surface area contributed by atoms with Crippen LogP contribution in [-0.2, 0) is 4.74 Å². The lowest BCUT2D eigenvalue weighted by molar-refractivity contribution is 0.102. The van der Waals surface area contributed by atoms with Crippen LogP contribution in [0.3, 0.4) is 0 Å². The monoisotopic (exact) mass is 320 g/mol. The van der Waals surface area contributed by atoms with Crippen LogP contribution in [0, 0.1) is 4.77 Å². The molecule has 0 unspecified atom stereocenters. The second-order valence-electron chi connectivity index (χ2n) is 4.88. The molecule has 0 radical (unpaired) electrons. The van der Waals surface area contributed by atoms with Crippen molar-refractivity contribution in [3.63, 3.8) is 0 Å². The highest BCUT2D eigenvalue weighted by molar-refractivity contribution is 7.71. The van der Waals surface area contributed by atoms with Gasteiger partial charge in [-0.15, -0.1) is 0 Å². The van der Waals surface area contributed by atoms with E-state index >= 15 is 0 Å². The van der Waals surface area contributed by atoms with Crippen molar-refractivity contribution in [3.8, 4) is 11.5 Å². The molecule has 0 amide bonds. The Morgan fingerprint density at radius 2 is 2.45 bits per heavy atom. The van der Waals surface area contributed by atoms with Crippen LogP contribution in [0.4, 0.5) is 0 Å². The summed E-state index contributed by atoms with van der Waals surface area (Å²) in [6.45, 7) is 0.723. The molecule has 2 aromatic rings. The quantitative estimate of drug-likeness (QED) is 0.667. The first-order valence-electron chi connectivity index (χ1n) is 6.89. The lowest BCUT2D eigenvalue weighted by Crippen LogP contribution is -2.05. The van der Waals surface area contributed by atoms with Gasteiger partial charge in [-0.05, 0) is 48.8 Å². The van der Waals surface area contributed by atoms with Crippen molar-refractivity contribution in [2.75, 3.05) is 13.7 Å². The zero-order valence-corrected chi connectivity index (χ0v) is 12.8. The van der Waals surface area contributed by atoms with Crippen LogP contribution < -0.4 is 4.74 Å². The van der Waals surface area contributed by atoms with Gasteiger partial charge in [-0.2, -0.15) is 14.9 Å². The van der Waals surface area contributed by atoms with E-state index in [-0.39, 0.29) is 11.9 Å². The van der Waals surface area contributed by atoms with Gasteiger partial charge in [0.1, 0.15) is 6.10 Å². The van der Waals surface area contributed by atoms with E-state index in [0.717, 1.165) is 25.0 Å². The van der Waals surface area contributed by atoms with Crippen molar-refractivity contribution in [3.05, 3.63) is 34.4 Å². The van der Waals surface area contributed by atoms with Gasteiger partial charge in [0.2, 0.25) is 4.77 Å². The number of aromatic nitrogens is 3. The molecular weight excluding hydrogens is 304 g/mol. The van der Waals surface area contributed by atoms with E-state index in [1.54, 1.807) is 29.1 Å². The van der Waals surface area contributed by atoms with Crippen LogP contribution in [-0.4, -0.2) is 39.9 Å². The van der Waals surface area contributed by atoms with Crippen molar-refractivity contribution in [1.29, 1.82) is 0 Å². The fraction of sp³-hybridized carbons (Fsp3) is 0.357. The van der Waals surface area contributed by atoms with E-state index in [1.807, 2.05) is 0 Å². The van der Waals surface area contributed by atoms with Gasteiger partial charge in [-0.3, -0.25) is 5.10 Å². The van der Waals surface area contributed by atoms with Gasteiger partial charge in [0, 0.05) is 6.61 Å². The molecule has 0 saturated carbocycles. The number of hydrogen-bond acceptors (Lipinski definition) is 6. The second kappa shape index (κ2) is 6.29. The summed E-state index contributed by atoms with van der Waals surface area (Å²) in [6.07, 6.45) is 3.41. The predicted octanol–water partition coefficient (Wildman–Crippen LogP) is 2.39. The normalized spacial score (nSPS) is 18.1. The Hall–Kier alpha value is -2.19. The summed E-state index contributed by atoms with van der Waals surface area (Å²) in [5.74, 6) is 1.13. The summed E-state index contributed by atoms with van der Waals surface area (Å²) in [7, 11) is 1.50. The number of phenolic OH excluding ortho intramolecular Hbond substituents is 1. The fourth-order valence-electron chi connectivity index (χ4n) is 2.32. The van der Waals surface area contributed by atoms with Crippen LogP contribution in [0.25, 0.3) is 0 Å². The molecule has 2 N–H and O–H groups in total. The fourth-order valence-corrected chi connectivity index (χ4v) is 2.50. The van der Waals surface area contributed by atoms with E-state index in [2.05, 4.69) is 15.3 Å². The molecule has 1 fully saturated rings. The lowest BCUT2D eigenvalue weighted by atomic mass is 10.2. The number of aromatic amines is 1. The maximum Gasteiger partial charge on any atom is 0.216 e. The van der Waals surface area contributed by atoms with Crippen LogP contribution in [0.1, 0.15) is 30.3 Å². The Morgan fingerprint density at radius 3 is 3.14 bits per heavy atom. The molecule has 22 heavy (non-hydrogen) atoms. The number of rotatable bonds is 4. The molecule has 1 aliphatic heterocycles. The molecule has 1 aromatic heterocycles. The molecule has 1 aromatic carbocycles. The van der Waals surface area contributed by atoms with Gasteiger partial charge in [-0.1, -0.05) is 0 Å². The van der Waals surface area contributed by atoms with Crippen molar-refractivity contribution >= 4 is 18.4 Å². The zero-order valence-electron chi connectivity index (χ0n) is 12.0. The highest BCUT2D eigenvalue weighted by Crippen LogP contribution is 2.27. The molecule has 1 saturated heterocycles. The minimum Gasteiger partial charge on any atom is -0.504 e. The van der Waals surface area contributed by atoms with Gasteiger partial charge >= 0.3 is 0 Å². The Bertz CT molecular complexity index is 747.